The third kappa shape index (κ3) is 2.29. The summed E-state index contributed by atoms with van der Waals surface area (Å²) >= 11 is 1.82. The first kappa shape index (κ1) is 13.1. The quantitative estimate of drug-likeness (QED) is 0.704. The number of benzene rings is 2. The van der Waals surface area contributed by atoms with Gasteiger partial charge in [0.1, 0.15) is 0 Å². The van der Waals surface area contributed by atoms with Crippen molar-refractivity contribution in [3.05, 3.63) is 70.6 Å². The Balaban J connectivity index is 1.75. The molecule has 4 rings (SSSR count). The van der Waals surface area contributed by atoms with Gasteiger partial charge in [-0.3, -0.25) is 0 Å². The average molecular weight is 293 g/mol. The Morgan fingerprint density at radius 2 is 1.76 bits per heavy atom. The molecule has 1 heterocycles. The first-order chi connectivity index (χ1) is 10.3. The normalized spacial score (nSPS) is 16.8. The van der Waals surface area contributed by atoms with Crippen molar-refractivity contribution in [1.29, 1.82) is 0 Å². The number of hydrogen-bond acceptors (Lipinski definition) is 2. The Morgan fingerprint density at radius 3 is 2.52 bits per heavy atom. The van der Waals surface area contributed by atoms with Crippen molar-refractivity contribution in [3.8, 4) is 0 Å². The van der Waals surface area contributed by atoms with Crippen LogP contribution in [-0.2, 0) is 0 Å². The standard InChI is InChI=1S/C19H19NS/c20-19(18-12-14-6-1-4-11-17(14)21-18)16-10-3-2-9-15(16)13-7-5-8-13/h1-4,6,9-13,19H,5,7-8,20H2. The van der Waals surface area contributed by atoms with Gasteiger partial charge in [0.05, 0.1) is 6.04 Å². The maximum atomic E-state index is 6.61. The Kier molecular flexibility index (Phi) is 3.28. The predicted octanol–water partition coefficient (Wildman–Crippen LogP) is 5.22. The van der Waals surface area contributed by atoms with Gasteiger partial charge in [-0.2, -0.15) is 0 Å². The summed E-state index contributed by atoms with van der Waals surface area (Å²) < 4.78 is 1.32. The molecule has 106 valence electrons. The monoisotopic (exact) mass is 293 g/mol. The molecule has 0 radical (unpaired) electrons. The van der Waals surface area contributed by atoms with E-state index in [0.29, 0.717) is 0 Å². The molecular formula is C19H19NS. The van der Waals surface area contributed by atoms with Gasteiger partial charge in [0.15, 0.2) is 0 Å². The van der Waals surface area contributed by atoms with Crippen molar-refractivity contribution in [2.45, 2.75) is 31.2 Å². The van der Waals surface area contributed by atoms with Gasteiger partial charge in [0.25, 0.3) is 0 Å². The van der Waals surface area contributed by atoms with Crippen molar-refractivity contribution < 1.29 is 0 Å². The highest BCUT2D eigenvalue weighted by Gasteiger charge is 2.24. The van der Waals surface area contributed by atoms with E-state index in [9.17, 15) is 0 Å². The molecule has 1 fully saturated rings. The lowest BCUT2D eigenvalue weighted by Crippen LogP contribution is -2.17. The lowest BCUT2D eigenvalue weighted by molar-refractivity contribution is 0.416. The van der Waals surface area contributed by atoms with Crippen LogP contribution in [0, 0.1) is 0 Å². The zero-order valence-corrected chi connectivity index (χ0v) is 12.8. The summed E-state index contributed by atoms with van der Waals surface area (Å²) in [6, 6.07) is 19.5. The second kappa shape index (κ2) is 5.28. The van der Waals surface area contributed by atoms with Crippen LogP contribution in [-0.4, -0.2) is 0 Å². The van der Waals surface area contributed by atoms with E-state index in [1.165, 1.54) is 45.4 Å². The SMILES string of the molecule is NC(c1cc2ccccc2s1)c1ccccc1C1CCC1. The number of fused-ring (bicyclic) bond motifs is 1. The average Bonchev–Trinajstić information content (AvgIpc) is 2.89. The summed E-state index contributed by atoms with van der Waals surface area (Å²) in [7, 11) is 0. The molecule has 2 aromatic carbocycles. The summed E-state index contributed by atoms with van der Waals surface area (Å²) in [5, 5.41) is 1.30. The van der Waals surface area contributed by atoms with Crippen molar-refractivity contribution in [2.75, 3.05) is 0 Å². The van der Waals surface area contributed by atoms with Crippen molar-refractivity contribution in [2.24, 2.45) is 5.73 Å². The molecule has 0 bridgehead atoms. The Labute approximate surface area is 129 Å². The molecule has 0 spiro atoms. The molecule has 1 atom stereocenters. The van der Waals surface area contributed by atoms with E-state index < -0.39 is 0 Å². The Morgan fingerprint density at radius 1 is 1.00 bits per heavy atom. The Hall–Kier alpha value is -1.64. The second-order valence-electron chi connectivity index (χ2n) is 5.92. The molecule has 1 aromatic heterocycles. The van der Waals surface area contributed by atoms with Crippen LogP contribution in [0.4, 0.5) is 0 Å². The van der Waals surface area contributed by atoms with Crippen molar-refractivity contribution >= 4 is 21.4 Å². The van der Waals surface area contributed by atoms with Gasteiger partial charge in [-0.1, -0.05) is 48.9 Å². The van der Waals surface area contributed by atoms with E-state index in [-0.39, 0.29) is 6.04 Å². The highest BCUT2D eigenvalue weighted by atomic mass is 32.1. The van der Waals surface area contributed by atoms with Gasteiger partial charge in [0.2, 0.25) is 0 Å². The fourth-order valence-electron chi connectivity index (χ4n) is 3.19. The van der Waals surface area contributed by atoms with Crippen LogP contribution in [0.25, 0.3) is 10.1 Å². The first-order valence-electron chi connectivity index (χ1n) is 7.66. The highest BCUT2D eigenvalue weighted by molar-refractivity contribution is 7.19. The predicted molar refractivity (Wildman–Crippen MR) is 90.9 cm³/mol. The third-order valence-electron chi connectivity index (χ3n) is 4.63. The molecule has 1 aliphatic rings. The summed E-state index contributed by atoms with van der Waals surface area (Å²) in [5.41, 5.74) is 9.39. The van der Waals surface area contributed by atoms with Crippen LogP contribution in [0.15, 0.2) is 54.6 Å². The molecule has 2 heteroatoms. The molecule has 2 N–H and O–H groups in total. The van der Waals surface area contributed by atoms with Crippen LogP contribution in [0.3, 0.4) is 0 Å². The van der Waals surface area contributed by atoms with Crippen molar-refractivity contribution in [1.82, 2.24) is 0 Å². The molecule has 1 aliphatic carbocycles. The minimum Gasteiger partial charge on any atom is -0.320 e. The van der Waals surface area contributed by atoms with Gasteiger partial charge in [-0.25, -0.2) is 0 Å². The second-order valence-corrected chi connectivity index (χ2v) is 7.04. The Bertz CT molecular complexity index is 737. The van der Waals surface area contributed by atoms with Crippen LogP contribution >= 0.6 is 11.3 Å². The van der Waals surface area contributed by atoms with Crippen LogP contribution in [0.2, 0.25) is 0 Å². The van der Waals surface area contributed by atoms with Gasteiger partial charge in [-0.05, 0) is 47.4 Å². The molecule has 0 amide bonds. The molecule has 1 unspecified atom stereocenters. The number of rotatable bonds is 3. The minimum absolute atomic E-state index is 0.000741. The van der Waals surface area contributed by atoms with E-state index in [4.69, 9.17) is 5.73 Å². The summed E-state index contributed by atoms with van der Waals surface area (Å²) in [5.74, 6) is 0.724. The first-order valence-corrected chi connectivity index (χ1v) is 8.47. The van der Waals surface area contributed by atoms with E-state index in [1.807, 2.05) is 11.3 Å². The maximum absolute atomic E-state index is 6.61. The largest absolute Gasteiger partial charge is 0.320 e. The lowest BCUT2D eigenvalue weighted by atomic mass is 9.77. The molecule has 1 saturated carbocycles. The zero-order chi connectivity index (χ0) is 14.2. The number of nitrogens with two attached hydrogens (primary N) is 1. The lowest BCUT2D eigenvalue weighted by Gasteiger charge is -2.29. The molecule has 0 aliphatic heterocycles. The molecule has 1 nitrogen and oxygen atoms in total. The molecule has 0 saturated heterocycles. The topological polar surface area (TPSA) is 26.0 Å². The fourth-order valence-corrected chi connectivity index (χ4v) is 4.28. The molecular weight excluding hydrogens is 274 g/mol. The van der Waals surface area contributed by atoms with Gasteiger partial charge in [0, 0.05) is 9.58 Å². The van der Waals surface area contributed by atoms with Crippen molar-refractivity contribution in [3.63, 3.8) is 0 Å². The van der Waals surface area contributed by atoms with E-state index in [1.54, 1.807) is 0 Å². The summed E-state index contributed by atoms with van der Waals surface area (Å²) in [6.45, 7) is 0. The minimum atomic E-state index is -0.000741. The van der Waals surface area contributed by atoms with E-state index in [0.717, 1.165) is 5.92 Å². The highest BCUT2D eigenvalue weighted by Crippen LogP contribution is 2.41. The fraction of sp³-hybridized carbons (Fsp3) is 0.263. The molecule has 21 heavy (non-hydrogen) atoms. The smallest absolute Gasteiger partial charge is 0.0649 e. The number of hydrogen-bond donors (Lipinski definition) is 1. The third-order valence-corrected chi connectivity index (χ3v) is 5.83. The van der Waals surface area contributed by atoms with Crippen LogP contribution < -0.4 is 5.73 Å². The van der Waals surface area contributed by atoms with E-state index in [2.05, 4.69) is 54.6 Å². The summed E-state index contributed by atoms with van der Waals surface area (Å²) in [4.78, 5) is 1.27. The van der Waals surface area contributed by atoms with Crippen LogP contribution in [0.1, 0.15) is 47.2 Å². The van der Waals surface area contributed by atoms with E-state index >= 15 is 0 Å². The van der Waals surface area contributed by atoms with Crippen LogP contribution in [0.5, 0.6) is 0 Å². The molecule has 3 aromatic rings. The summed E-state index contributed by atoms with van der Waals surface area (Å²) in [6.07, 6.45) is 3.99. The van der Waals surface area contributed by atoms with Gasteiger partial charge < -0.3 is 5.73 Å². The van der Waals surface area contributed by atoms with Gasteiger partial charge in [-0.15, -0.1) is 11.3 Å². The maximum Gasteiger partial charge on any atom is 0.0649 e. The number of thiophene rings is 1. The zero-order valence-electron chi connectivity index (χ0n) is 12.0. The van der Waals surface area contributed by atoms with Gasteiger partial charge >= 0.3 is 0 Å².